The maximum absolute atomic E-state index is 10.6. The van der Waals surface area contributed by atoms with E-state index in [1.54, 1.807) is 0 Å². The number of ether oxygens (including phenoxy) is 1. The molecule has 0 atom stereocenters. The molecule has 14 heteroatoms. The number of hydrogen-bond donors (Lipinski definition) is 3. The van der Waals surface area contributed by atoms with Gasteiger partial charge >= 0.3 is 11.4 Å². The third kappa shape index (κ3) is 8.48. The fourth-order valence-electron chi connectivity index (χ4n) is 2.22. The highest BCUT2D eigenvalue weighted by Crippen LogP contribution is 2.38. The van der Waals surface area contributed by atoms with Gasteiger partial charge in [-0.1, -0.05) is 0 Å². The Kier molecular flexibility index (Phi) is 9.79. The van der Waals surface area contributed by atoms with E-state index in [-0.39, 0.29) is 5.91 Å². The number of phenols is 1. The molecule has 0 radical (unpaired) electrons. The lowest BCUT2D eigenvalue weighted by molar-refractivity contribution is -0.404. The number of anilines is 1. The minimum Gasteiger partial charge on any atom is -0.497 e. The quantitative estimate of drug-likeness (QED) is 0.219. The zero-order valence-electron chi connectivity index (χ0n) is 16.9. The second kappa shape index (κ2) is 12.3. The summed E-state index contributed by atoms with van der Waals surface area (Å²) in [5.74, 6) is -0.367. The topological polar surface area (TPSA) is 214 Å². The van der Waals surface area contributed by atoms with Crippen LogP contribution in [0.5, 0.6) is 11.5 Å². The summed E-state index contributed by atoms with van der Waals surface area (Å²) in [6.07, 6.45) is 1.85. The highest BCUT2D eigenvalue weighted by Gasteiger charge is 2.30. The van der Waals surface area contributed by atoms with Gasteiger partial charge in [0.05, 0.1) is 33.5 Å². The van der Waals surface area contributed by atoms with Gasteiger partial charge in [0.25, 0.3) is 11.4 Å². The van der Waals surface area contributed by atoms with Crippen LogP contribution in [-0.4, -0.2) is 38.9 Å². The van der Waals surface area contributed by atoms with Crippen molar-refractivity contribution < 1.29 is 29.4 Å². The summed E-state index contributed by atoms with van der Waals surface area (Å²) >= 11 is 0. The van der Waals surface area contributed by atoms with Crippen molar-refractivity contribution in [2.75, 3.05) is 18.9 Å². The van der Waals surface area contributed by atoms with Crippen molar-refractivity contribution in [3.63, 3.8) is 0 Å². The van der Waals surface area contributed by atoms with Gasteiger partial charge in [0.15, 0.2) is 0 Å². The molecule has 4 N–H and O–H groups in total. The molecule has 32 heavy (non-hydrogen) atoms. The molecule has 0 spiro atoms. The van der Waals surface area contributed by atoms with E-state index in [1.165, 1.54) is 6.92 Å². The van der Waals surface area contributed by atoms with E-state index in [1.807, 2.05) is 24.3 Å². The minimum atomic E-state index is -1.21. The van der Waals surface area contributed by atoms with Crippen LogP contribution < -0.4 is 15.8 Å². The number of unbranched alkanes of at least 4 members (excludes halogenated alkanes) is 1. The summed E-state index contributed by atoms with van der Waals surface area (Å²) in [6.45, 7) is 2.88. The summed E-state index contributed by atoms with van der Waals surface area (Å²) in [6, 6.07) is 8.22. The number of amides is 1. The van der Waals surface area contributed by atoms with Crippen LogP contribution >= 0.6 is 0 Å². The smallest absolute Gasteiger partial charge is 0.324 e. The molecule has 0 heterocycles. The van der Waals surface area contributed by atoms with Crippen LogP contribution in [0.1, 0.15) is 19.8 Å². The van der Waals surface area contributed by atoms with Crippen molar-refractivity contribution >= 4 is 28.7 Å². The number of hydrogen-bond acceptors (Lipinski definition) is 10. The van der Waals surface area contributed by atoms with E-state index < -0.39 is 37.6 Å². The average Bonchev–Trinajstić information content (AvgIpc) is 2.71. The molecule has 2 aromatic carbocycles. The molecule has 1 amide bonds. The van der Waals surface area contributed by atoms with E-state index in [0.717, 1.165) is 24.3 Å². The SMILES string of the molecule is CC(=O)NCCCCOc1ccc(N)cc1.O=[N+]([O-])c1cc([N+](=O)[O-])c(O)c([N+](=O)[O-])c1. The number of nitrogens with zero attached hydrogens (tertiary/aromatic N) is 3. The maximum Gasteiger partial charge on any atom is 0.324 e. The lowest BCUT2D eigenvalue weighted by Gasteiger charge is -2.06. The molecule has 2 aromatic rings. The van der Waals surface area contributed by atoms with Crippen LogP contribution in [-0.2, 0) is 4.79 Å². The predicted octanol–water partition coefficient (Wildman–Crippen LogP) is 2.68. The number of non-ortho nitro benzene ring substituents is 1. The molecule has 2 rings (SSSR count). The molecule has 0 saturated heterocycles. The second-order valence-electron chi connectivity index (χ2n) is 6.21. The summed E-state index contributed by atoms with van der Waals surface area (Å²) in [7, 11) is 0. The Morgan fingerprint density at radius 2 is 1.53 bits per heavy atom. The number of phenolic OH excluding ortho intramolecular Hbond substituents is 1. The van der Waals surface area contributed by atoms with Crippen LogP contribution in [0.15, 0.2) is 36.4 Å². The Morgan fingerprint density at radius 3 is 1.97 bits per heavy atom. The zero-order valence-corrected chi connectivity index (χ0v) is 16.9. The molecule has 0 saturated carbocycles. The van der Waals surface area contributed by atoms with E-state index in [2.05, 4.69) is 5.32 Å². The molecule has 172 valence electrons. The number of nitrogens with two attached hydrogens (primary N) is 1. The van der Waals surface area contributed by atoms with Crippen molar-refractivity contribution in [3.8, 4) is 11.5 Å². The number of nitrogens with one attached hydrogen (secondary N) is 1. The second-order valence-corrected chi connectivity index (χ2v) is 6.21. The van der Waals surface area contributed by atoms with Gasteiger partial charge < -0.3 is 20.9 Å². The number of nitrogen functional groups attached to an aromatic ring is 1. The normalized spacial score (nSPS) is 9.78. The molecule has 14 nitrogen and oxygen atoms in total. The zero-order chi connectivity index (χ0) is 24.3. The van der Waals surface area contributed by atoms with E-state index in [9.17, 15) is 35.1 Å². The van der Waals surface area contributed by atoms with Crippen molar-refractivity contribution in [2.24, 2.45) is 0 Å². The summed E-state index contributed by atoms with van der Waals surface area (Å²) < 4.78 is 5.50. The minimum absolute atomic E-state index is 0.0134. The Morgan fingerprint density at radius 1 is 1.00 bits per heavy atom. The van der Waals surface area contributed by atoms with Crippen molar-refractivity contribution in [3.05, 3.63) is 66.7 Å². The fourth-order valence-corrected chi connectivity index (χ4v) is 2.22. The fraction of sp³-hybridized carbons (Fsp3) is 0.278. The van der Waals surface area contributed by atoms with Crippen LogP contribution in [0.25, 0.3) is 0 Å². The molecule has 0 aromatic heterocycles. The predicted molar refractivity (Wildman–Crippen MR) is 112 cm³/mol. The highest BCUT2D eigenvalue weighted by molar-refractivity contribution is 5.72. The molecule has 0 aliphatic carbocycles. The first-order valence-electron chi connectivity index (χ1n) is 9.06. The van der Waals surface area contributed by atoms with E-state index in [0.29, 0.717) is 25.3 Å². The molecular formula is C18H21N5O9. The number of carbonyl (C=O) groups excluding carboxylic acids is 1. The standard InChI is InChI=1S/C12H18N2O2.C6H3N3O7/c1-10(15)14-8-2-3-9-16-12-6-4-11(13)5-7-12;10-6-4(8(13)14)1-3(7(11)12)2-5(6)9(15)16/h4-7H,2-3,8-9,13H2,1H3,(H,14,15);1-2,10H. The van der Waals surface area contributed by atoms with Crippen molar-refractivity contribution in [1.82, 2.24) is 5.32 Å². The van der Waals surface area contributed by atoms with Gasteiger partial charge in [-0.05, 0) is 37.1 Å². The van der Waals surface area contributed by atoms with Crippen LogP contribution in [0.2, 0.25) is 0 Å². The first-order chi connectivity index (χ1) is 15.0. The molecule has 0 aliphatic heterocycles. The number of rotatable bonds is 9. The summed E-state index contributed by atoms with van der Waals surface area (Å²) in [5, 5.41) is 43.0. The van der Waals surface area contributed by atoms with E-state index >= 15 is 0 Å². The Labute approximate surface area is 181 Å². The molecule has 0 unspecified atom stereocenters. The summed E-state index contributed by atoms with van der Waals surface area (Å²) in [5.41, 5.74) is 3.29. The van der Waals surface area contributed by atoms with Gasteiger partial charge in [-0.3, -0.25) is 35.1 Å². The first-order valence-corrected chi connectivity index (χ1v) is 9.06. The number of nitro benzene ring substituents is 3. The molecule has 0 aliphatic rings. The molecular weight excluding hydrogens is 430 g/mol. The van der Waals surface area contributed by atoms with Gasteiger partial charge in [-0.2, -0.15) is 0 Å². The van der Waals surface area contributed by atoms with Gasteiger partial charge in [0.1, 0.15) is 5.75 Å². The first kappa shape index (κ1) is 25.5. The number of nitro groups is 3. The van der Waals surface area contributed by atoms with Gasteiger partial charge in [-0.25, -0.2) is 0 Å². The average molecular weight is 451 g/mol. The Hall–Kier alpha value is -4.49. The Bertz CT molecular complexity index is 944. The summed E-state index contributed by atoms with van der Waals surface area (Å²) in [4.78, 5) is 38.3. The third-order valence-corrected chi connectivity index (χ3v) is 3.75. The molecule has 0 bridgehead atoms. The van der Waals surface area contributed by atoms with Crippen molar-refractivity contribution in [1.29, 1.82) is 0 Å². The van der Waals surface area contributed by atoms with Crippen LogP contribution in [0, 0.1) is 30.3 Å². The van der Waals surface area contributed by atoms with Crippen LogP contribution in [0.3, 0.4) is 0 Å². The molecule has 0 fully saturated rings. The Balaban J connectivity index is 0.000000320. The number of carbonyl (C=O) groups is 1. The highest BCUT2D eigenvalue weighted by atomic mass is 16.6. The lowest BCUT2D eigenvalue weighted by atomic mass is 10.2. The van der Waals surface area contributed by atoms with Gasteiger partial charge in [-0.15, -0.1) is 0 Å². The number of aromatic hydroxyl groups is 1. The number of benzene rings is 2. The van der Waals surface area contributed by atoms with Crippen LogP contribution in [0.4, 0.5) is 22.7 Å². The lowest BCUT2D eigenvalue weighted by Crippen LogP contribution is -2.21. The van der Waals surface area contributed by atoms with Gasteiger partial charge in [0, 0.05) is 19.2 Å². The van der Waals surface area contributed by atoms with E-state index in [4.69, 9.17) is 15.6 Å². The largest absolute Gasteiger partial charge is 0.497 e. The third-order valence-electron chi connectivity index (χ3n) is 3.75. The maximum atomic E-state index is 10.6. The van der Waals surface area contributed by atoms with Gasteiger partial charge in [0.2, 0.25) is 5.91 Å². The van der Waals surface area contributed by atoms with Crippen molar-refractivity contribution in [2.45, 2.75) is 19.8 Å². The monoisotopic (exact) mass is 451 g/mol.